The molecule has 0 unspecified atom stereocenters. The molecule has 0 bridgehead atoms. The van der Waals surface area contributed by atoms with Crippen LogP contribution in [0.5, 0.6) is 0 Å². The van der Waals surface area contributed by atoms with E-state index in [9.17, 15) is 9.90 Å². The fourth-order valence-corrected chi connectivity index (χ4v) is 2.90. The summed E-state index contributed by atoms with van der Waals surface area (Å²) in [7, 11) is 1.19. The highest BCUT2D eigenvalue weighted by Gasteiger charge is 2.49. The van der Waals surface area contributed by atoms with Crippen molar-refractivity contribution in [1.29, 1.82) is 5.39 Å². The predicted molar refractivity (Wildman–Crippen MR) is 74.4 cm³/mol. The normalized spacial score (nSPS) is 22.5. The molecule has 1 aliphatic carbocycles. The van der Waals surface area contributed by atoms with Gasteiger partial charge in [0.1, 0.15) is 5.72 Å². The number of diazo groups is 1. The van der Waals surface area contributed by atoms with Gasteiger partial charge in [-0.2, -0.15) is 0 Å². The lowest BCUT2D eigenvalue weighted by atomic mass is 9.88. The van der Waals surface area contributed by atoms with Gasteiger partial charge in [-0.1, -0.05) is 13.0 Å². The van der Waals surface area contributed by atoms with Crippen LogP contribution in [-0.4, -0.2) is 41.9 Å². The van der Waals surface area contributed by atoms with E-state index in [1.54, 1.807) is 0 Å². The molecule has 0 aromatic heterocycles. The molecule has 7 heteroatoms. The predicted octanol–water partition coefficient (Wildman–Crippen LogP) is 2.29. The summed E-state index contributed by atoms with van der Waals surface area (Å²) in [5.74, 6) is -1.34. The lowest BCUT2D eigenvalue weighted by Crippen LogP contribution is -2.58. The van der Waals surface area contributed by atoms with Crippen molar-refractivity contribution < 1.29 is 19.4 Å². The zero-order chi connectivity index (χ0) is 15.5. The van der Waals surface area contributed by atoms with E-state index < -0.39 is 23.3 Å². The molecule has 2 aliphatic rings. The number of carbonyl (C=O) groups excluding carboxylic acids is 1. The smallest absolute Gasteiger partial charge is 0.475 e. The van der Waals surface area contributed by atoms with E-state index in [-0.39, 0.29) is 0 Å². The minimum atomic E-state index is -0.718. The summed E-state index contributed by atoms with van der Waals surface area (Å²) in [4.78, 5) is 17.0. The molecule has 7 nitrogen and oxygen atoms in total. The molecule has 1 heterocycles. The first kappa shape index (κ1) is 15.3. The van der Waals surface area contributed by atoms with Crippen molar-refractivity contribution in [3.8, 4) is 0 Å². The van der Waals surface area contributed by atoms with E-state index in [2.05, 4.69) is 16.3 Å². The van der Waals surface area contributed by atoms with Gasteiger partial charge in [-0.05, 0) is 31.3 Å². The molecule has 0 aromatic carbocycles. The Balaban J connectivity index is 2.34. The van der Waals surface area contributed by atoms with E-state index in [4.69, 9.17) is 10.1 Å². The highest BCUT2D eigenvalue weighted by molar-refractivity contribution is 5.95. The Morgan fingerprint density at radius 1 is 1.48 bits per heavy atom. The minimum absolute atomic E-state index is 0.314. The first-order valence-electron chi connectivity index (χ1n) is 6.99. The number of amides is 1. The van der Waals surface area contributed by atoms with Crippen molar-refractivity contribution in [2.24, 2.45) is 0 Å². The van der Waals surface area contributed by atoms with Gasteiger partial charge in [0.25, 0.3) is 0 Å². The van der Waals surface area contributed by atoms with Gasteiger partial charge in [-0.25, -0.2) is 0 Å². The maximum atomic E-state index is 12.6. The van der Waals surface area contributed by atoms with Gasteiger partial charge >= 0.3 is 17.5 Å². The number of carbonyl (C=O) groups is 1. The molecule has 1 saturated heterocycles. The second-order valence-corrected chi connectivity index (χ2v) is 5.39. The molecule has 2 rings (SSSR count). The van der Waals surface area contributed by atoms with E-state index in [1.807, 2.05) is 0 Å². The first-order chi connectivity index (χ1) is 10.0. The second-order valence-electron chi connectivity index (χ2n) is 5.39. The summed E-state index contributed by atoms with van der Waals surface area (Å²) in [5.41, 5.74) is -0.477. The van der Waals surface area contributed by atoms with Crippen molar-refractivity contribution in [2.75, 3.05) is 20.3 Å². The number of aliphatic hydroxyl groups excluding tert-OH is 1. The Labute approximate surface area is 123 Å². The highest BCUT2D eigenvalue weighted by atomic mass is 16.6. The van der Waals surface area contributed by atoms with Crippen LogP contribution in [0.2, 0.25) is 0 Å². The van der Waals surface area contributed by atoms with Gasteiger partial charge in [0.05, 0.1) is 13.7 Å². The van der Waals surface area contributed by atoms with Crippen LogP contribution in [0.25, 0.3) is 4.98 Å². The van der Waals surface area contributed by atoms with Gasteiger partial charge in [-0.3, -0.25) is 9.69 Å². The molecule has 1 spiro atoms. The van der Waals surface area contributed by atoms with Crippen LogP contribution in [0.3, 0.4) is 0 Å². The van der Waals surface area contributed by atoms with Crippen LogP contribution in [0, 0.1) is 5.39 Å². The summed E-state index contributed by atoms with van der Waals surface area (Å²) in [6, 6.07) is 0. The maximum absolute atomic E-state index is 12.6. The van der Waals surface area contributed by atoms with Crippen molar-refractivity contribution in [3.05, 3.63) is 28.8 Å². The third-order valence-electron chi connectivity index (χ3n) is 4.00. The standard InChI is InChI=1S/C14H19N3O4/c1-10-8-17(12(18)11(16-15)13(19)20-2)14(21-9-10)6-4-3-5-7-14/h1,3-9H2,2H3/p+1. The van der Waals surface area contributed by atoms with Crippen LogP contribution in [0.4, 0.5) is 0 Å². The van der Waals surface area contributed by atoms with E-state index >= 15 is 0 Å². The number of hydrogen-bond acceptors (Lipinski definition) is 5. The molecule has 114 valence electrons. The summed E-state index contributed by atoms with van der Waals surface area (Å²) in [6.07, 6.45) is 4.46. The Morgan fingerprint density at radius 3 is 2.71 bits per heavy atom. The Hall–Kier alpha value is -2.07. The summed E-state index contributed by atoms with van der Waals surface area (Å²) in [5, 5.41) is 18.6. The van der Waals surface area contributed by atoms with Crippen LogP contribution >= 0.6 is 0 Å². The topological polar surface area (TPSA) is 87.2 Å². The van der Waals surface area contributed by atoms with E-state index in [0.29, 0.717) is 13.2 Å². The van der Waals surface area contributed by atoms with Gasteiger partial charge < -0.3 is 14.6 Å². The number of hydrogen-bond donors (Lipinski definition) is 1. The van der Waals surface area contributed by atoms with Crippen LogP contribution in [-0.2, 0) is 14.3 Å². The molecule has 0 aromatic rings. The number of nitrogens with zero attached hydrogens (tertiary/aromatic N) is 3. The zero-order valence-electron chi connectivity index (χ0n) is 12.2. The average molecular weight is 294 g/mol. The van der Waals surface area contributed by atoms with Crippen molar-refractivity contribution >= 4 is 5.91 Å². The quantitative estimate of drug-likeness (QED) is 0.365. The van der Waals surface area contributed by atoms with Crippen molar-refractivity contribution in [1.82, 2.24) is 4.90 Å². The monoisotopic (exact) mass is 294 g/mol. The van der Waals surface area contributed by atoms with Crippen LogP contribution < -0.4 is 0 Å². The Kier molecular flexibility index (Phi) is 4.48. The van der Waals surface area contributed by atoms with E-state index in [1.165, 1.54) is 12.0 Å². The maximum Gasteiger partial charge on any atom is 0.527 e. The SMILES string of the molecule is C=C1COC2(CCCCC2)N(C(=O)/C([N+]#N)=C(/O)OC)C1. The van der Waals surface area contributed by atoms with Gasteiger partial charge in [-0.15, -0.1) is 0 Å². The highest BCUT2D eigenvalue weighted by Crippen LogP contribution is 2.39. The van der Waals surface area contributed by atoms with Gasteiger partial charge in [0.2, 0.25) is 5.39 Å². The van der Waals surface area contributed by atoms with Gasteiger partial charge in [0, 0.05) is 6.54 Å². The zero-order valence-corrected chi connectivity index (χ0v) is 12.2. The molecular weight excluding hydrogens is 274 g/mol. The average Bonchev–Trinajstić information content (AvgIpc) is 2.51. The third kappa shape index (κ3) is 2.85. The Morgan fingerprint density at radius 2 is 2.14 bits per heavy atom. The summed E-state index contributed by atoms with van der Waals surface area (Å²) in [6.45, 7) is 4.58. The molecule has 21 heavy (non-hydrogen) atoms. The van der Waals surface area contributed by atoms with Crippen molar-refractivity contribution in [3.63, 3.8) is 0 Å². The number of ether oxygens (including phenoxy) is 2. The molecule has 2 fully saturated rings. The third-order valence-corrected chi connectivity index (χ3v) is 4.00. The summed E-state index contributed by atoms with van der Waals surface area (Å²) >= 11 is 0. The Bertz CT molecular complexity index is 515. The molecule has 1 N–H and O–H groups in total. The number of methoxy groups -OCH3 is 1. The molecule has 1 saturated carbocycles. The number of aliphatic hydroxyl groups is 1. The lowest BCUT2D eigenvalue weighted by molar-refractivity contribution is -0.192. The minimum Gasteiger partial charge on any atom is -0.475 e. The molecule has 0 radical (unpaired) electrons. The summed E-state index contributed by atoms with van der Waals surface area (Å²) < 4.78 is 10.5. The molecular formula is C14H20N3O4+. The first-order valence-corrected chi connectivity index (χ1v) is 6.99. The fourth-order valence-electron chi connectivity index (χ4n) is 2.90. The molecule has 1 amide bonds. The fraction of sp³-hybridized carbons (Fsp3) is 0.643. The van der Waals surface area contributed by atoms with Crippen LogP contribution in [0.1, 0.15) is 32.1 Å². The molecule has 1 aliphatic heterocycles. The van der Waals surface area contributed by atoms with Gasteiger partial charge in [0.15, 0.2) is 4.98 Å². The molecule has 0 atom stereocenters. The van der Waals surface area contributed by atoms with Crippen LogP contribution in [0.15, 0.2) is 23.8 Å². The van der Waals surface area contributed by atoms with Crippen molar-refractivity contribution in [2.45, 2.75) is 37.8 Å². The lowest BCUT2D eigenvalue weighted by Gasteiger charge is -2.48. The van der Waals surface area contributed by atoms with E-state index in [0.717, 1.165) is 37.7 Å². The largest absolute Gasteiger partial charge is 0.527 e. The second kappa shape index (κ2) is 6.14. The number of rotatable bonds is 2.